The number of hydrogen-bond acceptors (Lipinski definition) is 7. The van der Waals surface area contributed by atoms with Gasteiger partial charge in [-0.25, -0.2) is 0 Å². The molecule has 1 atom stereocenters. The number of phenolic OH excluding ortho intramolecular Hbond substituents is 3. The summed E-state index contributed by atoms with van der Waals surface area (Å²) in [6.45, 7) is 0. The average molecular weight is 304 g/mol. The van der Waals surface area contributed by atoms with Crippen molar-refractivity contribution in [3.8, 4) is 17.2 Å². The minimum absolute atomic E-state index is 0.0851. The number of aliphatic hydroxyl groups is 3. The van der Waals surface area contributed by atoms with Crippen LogP contribution in [0.25, 0.3) is 5.76 Å². The fourth-order valence-corrected chi connectivity index (χ4v) is 2.27. The molecule has 7 heteroatoms. The van der Waals surface area contributed by atoms with E-state index in [0.29, 0.717) is 0 Å². The van der Waals surface area contributed by atoms with E-state index in [1.165, 1.54) is 12.2 Å². The van der Waals surface area contributed by atoms with Gasteiger partial charge in [0.15, 0.2) is 28.8 Å². The maximum absolute atomic E-state index is 10.0. The minimum atomic E-state index is -0.839. The van der Waals surface area contributed by atoms with Crippen molar-refractivity contribution in [2.75, 3.05) is 0 Å². The number of hydrogen-bond donors (Lipinski definition) is 6. The largest absolute Gasteiger partial charge is 0.508 e. The zero-order chi connectivity index (χ0) is 16.0. The Labute approximate surface area is 124 Å². The summed E-state index contributed by atoms with van der Waals surface area (Å²) < 4.78 is 5.50. The van der Waals surface area contributed by atoms with Crippen LogP contribution in [0.3, 0.4) is 0 Å². The first-order valence-electron chi connectivity index (χ1n) is 6.25. The topological polar surface area (TPSA) is 131 Å². The molecule has 0 spiro atoms. The van der Waals surface area contributed by atoms with Gasteiger partial charge < -0.3 is 35.4 Å². The maximum atomic E-state index is 10.0. The van der Waals surface area contributed by atoms with Gasteiger partial charge in [-0.2, -0.15) is 0 Å². The fourth-order valence-electron chi connectivity index (χ4n) is 2.27. The summed E-state index contributed by atoms with van der Waals surface area (Å²) in [4.78, 5) is 0. The second-order valence-corrected chi connectivity index (χ2v) is 4.84. The van der Waals surface area contributed by atoms with Gasteiger partial charge in [-0.3, -0.25) is 0 Å². The van der Waals surface area contributed by atoms with Crippen molar-refractivity contribution in [2.45, 2.75) is 6.10 Å². The molecule has 0 bridgehead atoms. The van der Waals surface area contributed by atoms with E-state index < -0.39 is 23.4 Å². The van der Waals surface area contributed by atoms with Gasteiger partial charge in [0.25, 0.3) is 0 Å². The highest BCUT2D eigenvalue weighted by Crippen LogP contribution is 2.41. The third-order valence-corrected chi connectivity index (χ3v) is 3.31. The second kappa shape index (κ2) is 4.66. The molecule has 114 valence electrons. The molecule has 1 aliphatic heterocycles. The number of phenols is 3. The Morgan fingerprint density at radius 2 is 1.50 bits per heavy atom. The number of fused-ring (bicyclic) bond motifs is 1. The first-order chi connectivity index (χ1) is 10.4. The summed E-state index contributed by atoms with van der Waals surface area (Å²) in [6.07, 6.45) is 2.84. The van der Waals surface area contributed by atoms with Gasteiger partial charge in [0.2, 0.25) is 0 Å². The van der Waals surface area contributed by atoms with Crippen LogP contribution in [0, 0.1) is 0 Å². The lowest BCUT2D eigenvalue weighted by atomic mass is 9.97. The molecule has 1 unspecified atom stereocenters. The Morgan fingerprint density at radius 1 is 0.864 bits per heavy atom. The van der Waals surface area contributed by atoms with Crippen molar-refractivity contribution in [2.24, 2.45) is 0 Å². The van der Waals surface area contributed by atoms with E-state index in [1.807, 2.05) is 0 Å². The molecule has 0 saturated heterocycles. The zero-order valence-corrected chi connectivity index (χ0v) is 11.1. The van der Waals surface area contributed by atoms with Crippen LogP contribution in [-0.4, -0.2) is 36.7 Å². The molecule has 2 aliphatic rings. The molecule has 0 aromatic heterocycles. The van der Waals surface area contributed by atoms with E-state index in [4.69, 9.17) is 4.74 Å². The van der Waals surface area contributed by atoms with E-state index in [1.54, 1.807) is 0 Å². The molecule has 0 amide bonds. The van der Waals surface area contributed by atoms with E-state index in [2.05, 4.69) is 0 Å². The van der Waals surface area contributed by atoms with Crippen molar-refractivity contribution in [1.82, 2.24) is 0 Å². The Kier molecular flexibility index (Phi) is 2.91. The van der Waals surface area contributed by atoms with Gasteiger partial charge in [0, 0.05) is 23.3 Å². The zero-order valence-electron chi connectivity index (χ0n) is 11.1. The van der Waals surface area contributed by atoms with Crippen LogP contribution in [0.4, 0.5) is 0 Å². The lowest BCUT2D eigenvalue weighted by Gasteiger charge is -2.27. The van der Waals surface area contributed by atoms with E-state index in [9.17, 15) is 30.6 Å². The van der Waals surface area contributed by atoms with Crippen LogP contribution in [0.5, 0.6) is 17.2 Å². The summed E-state index contributed by atoms with van der Waals surface area (Å²) in [7, 11) is 0. The van der Waals surface area contributed by atoms with Crippen molar-refractivity contribution in [3.05, 3.63) is 58.8 Å². The summed E-state index contributed by atoms with van der Waals surface area (Å²) in [5.41, 5.74) is 0.369. The lowest BCUT2D eigenvalue weighted by molar-refractivity contribution is 0.206. The molecular formula is C15H12O7. The molecule has 0 radical (unpaired) electrons. The molecule has 1 aromatic carbocycles. The monoisotopic (exact) mass is 304 g/mol. The summed E-state index contributed by atoms with van der Waals surface area (Å²) >= 11 is 0. The number of aliphatic hydroxyl groups excluding tert-OH is 3. The van der Waals surface area contributed by atoms with Crippen molar-refractivity contribution < 1.29 is 35.4 Å². The van der Waals surface area contributed by atoms with Gasteiger partial charge in [0.05, 0.1) is 0 Å². The van der Waals surface area contributed by atoms with Crippen LogP contribution < -0.4 is 0 Å². The Bertz CT molecular complexity index is 760. The molecule has 0 fully saturated rings. The van der Waals surface area contributed by atoms with Crippen molar-refractivity contribution in [1.29, 1.82) is 0 Å². The standard InChI is InChI=1S/C15H12O7/c16-7-3-9(17)8-5-12(20)15(22-13(8)4-7)6-1-10(18)14(21)11(19)2-6/h1-5,13,16-21H. The third kappa shape index (κ3) is 2.08. The van der Waals surface area contributed by atoms with Crippen LogP contribution >= 0.6 is 0 Å². The SMILES string of the molecule is OC1=CC2OC(c3cc(O)c(O)c(O)c3)=C(O)C=C2C(O)=C1. The van der Waals surface area contributed by atoms with E-state index in [0.717, 1.165) is 18.2 Å². The van der Waals surface area contributed by atoms with Crippen molar-refractivity contribution >= 4 is 5.76 Å². The summed E-state index contributed by atoms with van der Waals surface area (Å²) in [5, 5.41) is 57.7. The van der Waals surface area contributed by atoms with E-state index >= 15 is 0 Å². The number of ether oxygens (including phenoxy) is 1. The number of benzene rings is 1. The van der Waals surface area contributed by atoms with Crippen molar-refractivity contribution in [3.63, 3.8) is 0 Å². The van der Waals surface area contributed by atoms with Gasteiger partial charge >= 0.3 is 0 Å². The van der Waals surface area contributed by atoms with Crippen LogP contribution in [0.1, 0.15) is 5.56 Å². The predicted molar refractivity (Wildman–Crippen MR) is 75.4 cm³/mol. The molecule has 1 aromatic rings. The molecule has 22 heavy (non-hydrogen) atoms. The Morgan fingerprint density at radius 3 is 2.14 bits per heavy atom. The molecule has 6 N–H and O–H groups in total. The van der Waals surface area contributed by atoms with Crippen LogP contribution in [0.15, 0.2) is 53.2 Å². The molecule has 1 heterocycles. The highest BCUT2D eigenvalue weighted by atomic mass is 16.5. The van der Waals surface area contributed by atoms with Gasteiger partial charge in [-0.15, -0.1) is 0 Å². The highest BCUT2D eigenvalue weighted by Gasteiger charge is 2.30. The predicted octanol–water partition coefficient (Wildman–Crippen LogP) is 2.25. The number of aromatic hydroxyl groups is 3. The summed E-state index contributed by atoms with van der Waals surface area (Å²) in [5.74, 6) is -2.73. The Hall–Kier alpha value is -3.22. The van der Waals surface area contributed by atoms with Gasteiger partial charge in [-0.05, 0) is 18.2 Å². The average Bonchev–Trinajstić information content (AvgIpc) is 2.44. The van der Waals surface area contributed by atoms with Gasteiger partial charge in [-0.1, -0.05) is 0 Å². The number of allylic oxidation sites excluding steroid dienone is 2. The first kappa shape index (κ1) is 13.7. The first-order valence-corrected chi connectivity index (χ1v) is 6.25. The molecule has 1 aliphatic carbocycles. The molecule has 7 nitrogen and oxygen atoms in total. The fraction of sp³-hybridized carbons (Fsp3) is 0.0667. The van der Waals surface area contributed by atoms with Crippen LogP contribution in [0.2, 0.25) is 0 Å². The Balaban J connectivity index is 2.09. The van der Waals surface area contributed by atoms with Crippen LogP contribution in [-0.2, 0) is 4.74 Å². The van der Waals surface area contributed by atoms with Gasteiger partial charge in [0.1, 0.15) is 17.6 Å². The lowest BCUT2D eigenvalue weighted by Crippen LogP contribution is -2.22. The minimum Gasteiger partial charge on any atom is -0.508 e. The highest BCUT2D eigenvalue weighted by molar-refractivity contribution is 5.71. The number of rotatable bonds is 1. The normalized spacial score (nSPS) is 20.5. The smallest absolute Gasteiger partial charge is 0.200 e. The third-order valence-electron chi connectivity index (χ3n) is 3.31. The molecule has 3 rings (SSSR count). The van der Waals surface area contributed by atoms with E-state index in [-0.39, 0.29) is 34.2 Å². The summed E-state index contributed by atoms with van der Waals surface area (Å²) in [6, 6.07) is 2.20. The quantitative estimate of drug-likeness (QED) is 0.439. The maximum Gasteiger partial charge on any atom is 0.200 e. The second-order valence-electron chi connectivity index (χ2n) is 4.84. The molecular weight excluding hydrogens is 292 g/mol. The molecule has 0 saturated carbocycles.